The molecule has 0 heterocycles. The molecule has 0 aromatic rings. The van der Waals surface area contributed by atoms with Gasteiger partial charge in [0.15, 0.2) is 0 Å². The fraction of sp³-hybridized carbons (Fsp3) is 0.933. The Morgan fingerprint density at radius 3 is 2.53 bits per heavy atom. The smallest absolute Gasteiger partial charge is 0.143 e. The van der Waals surface area contributed by atoms with E-state index in [1.807, 2.05) is 0 Å². The molecule has 5 unspecified atom stereocenters. The van der Waals surface area contributed by atoms with Crippen molar-refractivity contribution in [3.05, 3.63) is 0 Å². The maximum absolute atomic E-state index is 11.7. The largest absolute Gasteiger partial charge is 0.373 e. The van der Waals surface area contributed by atoms with E-state index in [1.165, 1.54) is 19.3 Å². The summed E-state index contributed by atoms with van der Waals surface area (Å²) in [7, 11) is 0. The van der Waals surface area contributed by atoms with Gasteiger partial charge in [-0.1, -0.05) is 27.7 Å². The predicted molar refractivity (Wildman–Crippen MR) is 68.9 cm³/mol. The Hall–Kier alpha value is -0.370. The van der Waals surface area contributed by atoms with Gasteiger partial charge in [-0.05, 0) is 37.5 Å². The standard InChI is InChI=1S/C15H26O2/c1-5-15(4)13(16)9-14(15)17-12-7-6-10(2)11(3)8-12/h10-12,14H,5-9H2,1-4H3. The molecule has 2 fully saturated rings. The molecule has 2 rings (SSSR count). The van der Waals surface area contributed by atoms with Crippen molar-refractivity contribution < 1.29 is 9.53 Å². The average Bonchev–Trinajstić information content (AvgIpc) is 2.32. The molecular weight excluding hydrogens is 212 g/mol. The summed E-state index contributed by atoms with van der Waals surface area (Å²) in [6.07, 6.45) is 5.76. The Bertz CT molecular complexity index is 299. The summed E-state index contributed by atoms with van der Waals surface area (Å²) in [6, 6.07) is 0. The van der Waals surface area contributed by atoms with Crippen LogP contribution < -0.4 is 0 Å². The van der Waals surface area contributed by atoms with Gasteiger partial charge in [-0.3, -0.25) is 4.79 Å². The van der Waals surface area contributed by atoms with Gasteiger partial charge < -0.3 is 4.74 Å². The van der Waals surface area contributed by atoms with Gasteiger partial charge in [0, 0.05) is 6.42 Å². The summed E-state index contributed by atoms with van der Waals surface area (Å²) in [5, 5.41) is 0. The average molecular weight is 238 g/mol. The molecule has 0 aliphatic heterocycles. The van der Waals surface area contributed by atoms with Gasteiger partial charge in [0.25, 0.3) is 0 Å². The molecule has 2 saturated carbocycles. The molecule has 0 radical (unpaired) electrons. The molecule has 0 amide bonds. The molecule has 5 atom stereocenters. The Morgan fingerprint density at radius 1 is 1.29 bits per heavy atom. The normalized spacial score (nSPS) is 46.7. The van der Waals surface area contributed by atoms with Crippen LogP contribution in [0.25, 0.3) is 0 Å². The van der Waals surface area contributed by atoms with E-state index in [-0.39, 0.29) is 11.5 Å². The second kappa shape index (κ2) is 4.72. The van der Waals surface area contributed by atoms with Crippen LogP contribution in [0.4, 0.5) is 0 Å². The van der Waals surface area contributed by atoms with Gasteiger partial charge in [-0.15, -0.1) is 0 Å². The van der Waals surface area contributed by atoms with Crippen LogP contribution in [0.5, 0.6) is 0 Å². The van der Waals surface area contributed by atoms with Crippen LogP contribution >= 0.6 is 0 Å². The lowest BCUT2D eigenvalue weighted by Gasteiger charge is -2.47. The number of carbonyl (C=O) groups is 1. The molecule has 0 N–H and O–H groups in total. The molecule has 2 aliphatic rings. The van der Waals surface area contributed by atoms with E-state index in [4.69, 9.17) is 4.74 Å². The van der Waals surface area contributed by atoms with Crippen molar-refractivity contribution in [2.75, 3.05) is 0 Å². The van der Waals surface area contributed by atoms with Crippen molar-refractivity contribution in [3.8, 4) is 0 Å². The summed E-state index contributed by atoms with van der Waals surface area (Å²) in [5.74, 6) is 1.98. The number of carbonyl (C=O) groups excluding carboxylic acids is 1. The summed E-state index contributed by atoms with van der Waals surface area (Å²) in [6.45, 7) is 8.83. The quantitative estimate of drug-likeness (QED) is 0.751. The number of ketones is 1. The van der Waals surface area contributed by atoms with Gasteiger partial charge in [0.2, 0.25) is 0 Å². The van der Waals surface area contributed by atoms with Gasteiger partial charge >= 0.3 is 0 Å². The Morgan fingerprint density at radius 2 is 2.00 bits per heavy atom. The number of ether oxygens (including phenoxy) is 1. The van der Waals surface area contributed by atoms with Crippen LogP contribution in [0.15, 0.2) is 0 Å². The zero-order valence-corrected chi connectivity index (χ0v) is 11.7. The number of Topliss-reactive ketones (excluding diaryl/α,β-unsaturated/α-hetero) is 1. The lowest BCUT2D eigenvalue weighted by molar-refractivity contribution is -0.174. The zero-order valence-electron chi connectivity index (χ0n) is 11.7. The fourth-order valence-electron chi connectivity index (χ4n) is 3.15. The third kappa shape index (κ3) is 2.29. The van der Waals surface area contributed by atoms with Gasteiger partial charge in [0.05, 0.1) is 17.6 Å². The van der Waals surface area contributed by atoms with E-state index in [1.54, 1.807) is 0 Å². The third-order valence-corrected chi connectivity index (χ3v) is 5.36. The maximum Gasteiger partial charge on any atom is 0.143 e. The molecule has 2 heteroatoms. The van der Waals surface area contributed by atoms with Crippen LogP contribution in [0, 0.1) is 17.3 Å². The van der Waals surface area contributed by atoms with Crippen LogP contribution in [0.1, 0.15) is 59.8 Å². The molecule has 0 spiro atoms. The lowest BCUT2D eigenvalue weighted by atomic mass is 9.64. The Kier molecular flexibility index (Phi) is 3.63. The number of hydrogen-bond acceptors (Lipinski definition) is 2. The molecule has 0 bridgehead atoms. The number of rotatable bonds is 3. The highest BCUT2D eigenvalue weighted by Crippen LogP contribution is 2.44. The molecule has 0 aromatic heterocycles. The van der Waals surface area contributed by atoms with Crippen LogP contribution in [0.3, 0.4) is 0 Å². The molecule has 2 nitrogen and oxygen atoms in total. The minimum absolute atomic E-state index is 0.186. The van der Waals surface area contributed by atoms with Crippen LogP contribution in [-0.2, 0) is 9.53 Å². The summed E-state index contributed by atoms with van der Waals surface area (Å²) >= 11 is 0. The molecule has 0 saturated heterocycles. The van der Waals surface area contributed by atoms with Gasteiger partial charge in [-0.2, -0.15) is 0 Å². The first-order valence-corrected chi connectivity index (χ1v) is 7.16. The van der Waals surface area contributed by atoms with E-state index in [0.717, 1.165) is 18.3 Å². The highest BCUT2D eigenvalue weighted by molar-refractivity contribution is 5.91. The molecule has 0 aromatic carbocycles. The first-order valence-electron chi connectivity index (χ1n) is 7.16. The minimum Gasteiger partial charge on any atom is -0.373 e. The highest BCUT2D eigenvalue weighted by atomic mass is 16.5. The SMILES string of the molecule is CCC1(C)C(=O)CC1OC1CCC(C)C(C)C1. The monoisotopic (exact) mass is 238 g/mol. The fourth-order valence-corrected chi connectivity index (χ4v) is 3.15. The van der Waals surface area contributed by atoms with E-state index >= 15 is 0 Å². The van der Waals surface area contributed by atoms with E-state index in [2.05, 4.69) is 27.7 Å². The third-order valence-electron chi connectivity index (χ3n) is 5.36. The molecule has 17 heavy (non-hydrogen) atoms. The van der Waals surface area contributed by atoms with Crippen molar-refractivity contribution in [1.82, 2.24) is 0 Å². The predicted octanol–water partition coefficient (Wildman–Crippen LogP) is 3.59. The Labute approximate surface area is 105 Å². The second-order valence-electron chi connectivity index (χ2n) is 6.41. The zero-order chi connectivity index (χ0) is 12.6. The highest BCUT2D eigenvalue weighted by Gasteiger charge is 2.51. The van der Waals surface area contributed by atoms with Crippen molar-refractivity contribution >= 4 is 5.78 Å². The summed E-state index contributed by atoms with van der Waals surface area (Å²) in [4.78, 5) is 11.7. The molecule has 2 aliphatic carbocycles. The van der Waals surface area contributed by atoms with Crippen molar-refractivity contribution in [2.24, 2.45) is 17.3 Å². The van der Waals surface area contributed by atoms with Crippen molar-refractivity contribution in [3.63, 3.8) is 0 Å². The van der Waals surface area contributed by atoms with Crippen molar-refractivity contribution in [1.29, 1.82) is 0 Å². The van der Waals surface area contributed by atoms with Crippen LogP contribution in [0.2, 0.25) is 0 Å². The number of hydrogen-bond donors (Lipinski definition) is 0. The van der Waals surface area contributed by atoms with Gasteiger partial charge in [-0.25, -0.2) is 0 Å². The summed E-state index contributed by atoms with van der Waals surface area (Å²) < 4.78 is 6.20. The van der Waals surface area contributed by atoms with Crippen LogP contribution in [-0.4, -0.2) is 18.0 Å². The molecule has 98 valence electrons. The van der Waals surface area contributed by atoms with E-state index < -0.39 is 0 Å². The molecular formula is C15H26O2. The summed E-state index contributed by atoms with van der Waals surface area (Å²) in [5.41, 5.74) is -0.188. The van der Waals surface area contributed by atoms with Crippen molar-refractivity contribution in [2.45, 2.75) is 72.0 Å². The minimum atomic E-state index is -0.188. The Balaban J connectivity index is 1.88. The van der Waals surface area contributed by atoms with Gasteiger partial charge in [0.1, 0.15) is 5.78 Å². The van der Waals surface area contributed by atoms with E-state index in [9.17, 15) is 4.79 Å². The maximum atomic E-state index is 11.7. The van der Waals surface area contributed by atoms with E-state index in [0.29, 0.717) is 18.3 Å². The lowest BCUT2D eigenvalue weighted by Crippen LogP contribution is -2.54. The first-order chi connectivity index (χ1) is 7.97. The first kappa shape index (κ1) is 13.1. The second-order valence-corrected chi connectivity index (χ2v) is 6.41. The topological polar surface area (TPSA) is 26.3 Å².